The monoisotopic (exact) mass is 449 g/mol. The lowest BCUT2D eigenvalue weighted by Crippen LogP contribution is -2.12. The number of amides is 1. The van der Waals surface area contributed by atoms with Crippen molar-refractivity contribution < 1.29 is 13.9 Å². The summed E-state index contributed by atoms with van der Waals surface area (Å²) in [5, 5.41) is 3.70. The summed E-state index contributed by atoms with van der Waals surface area (Å²) in [6, 6.07) is 21.3. The van der Waals surface area contributed by atoms with Crippen LogP contribution >= 0.6 is 15.9 Å². The Balaban J connectivity index is 1.57. The molecule has 0 bridgehead atoms. The Morgan fingerprint density at radius 3 is 2.48 bits per heavy atom. The van der Waals surface area contributed by atoms with Gasteiger partial charge in [-0.2, -0.15) is 0 Å². The molecule has 1 amide bonds. The first kappa shape index (κ1) is 19.0. The first-order valence-electron chi connectivity index (χ1n) is 8.83. The summed E-state index contributed by atoms with van der Waals surface area (Å²) in [4.78, 5) is 24.8. The third kappa shape index (κ3) is 3.93. The largest absolute Gasteiger partial charge is 0.496 e. The minimum absolute atomic E-state index is 0.244. The SMILES string of the molecule is COc1ccc(C(=O)Nc2ccc(-c3cc4ccccc4oc3=O)cc2)cc1Br. The van der Waals surface area contributed by atoms with E-state index in [1.807, 2.05) is 24.3 Å². The molecule has 3 aromatic carbocycles. The normalized spacial score (nSPS) is 10.7. The first-order valence-corrected chi connectivity index (χ1v) is 9.62. The van der Waals surface area contributed by atoms with Crippen molar-refractivity contribution >= 4 is 38.5 Å². The zero-order chi connectivity index (χ0) is 20.4. The lowest BCUT2D eigenvalue weighted by Gasteiger charge is -2.09. The third-order valence-electron chi connectivity index (χ3n) is 4.51. The Morgan fingerprint density at radius 1 is 1.00 bits per heavy atom. The van der Waals surface area contributed by atoms with Crippen LogP contribution in [0.5, 0.6) is 5.75 Å². The number of hydrogen-bond donors (Lipinski definition) is 1. The van der Waals surface area contributed by atoms with Crippen LogP contribution in [0.4, 0.5) is 5.69 Å². The number of halogens is 1. The highest BCUT2D eigenvalue weighted by Crippen LogP contribution is 2.26. The van der Waals surface area contributed by atoms with Crippen LogP contribution in [0.2, 0.25) is 0 Å². The molecule has 0 radical (unpaired) electrons. The number of benzene rings is 3. The zero-order valence-electron chi connectivity index (χ0n) is 15.4. The molecule has 0 fully saturated rings. The Bertz CT molecular complexity index is 1260. The molecule has 1 heterocycles. The van der Waals surface area contributed by atoms with Crippen molar-refractivity contribution in [2.75, 3.05) is 12.4 Å². The molecular formula is C23H16BrNO4. The number of fused-ring (bicyclic) bond motifs is 1. The van der Waals surface area contributed by atoms with E-state index in [-0.39, 0.29) is 5.91 Å². The van der Waals surface area contributed by atoms with Crippen molar-refractivity contribution in [2.45, 2.75) is 0 Å². The molecule has 0 spiro atoms. The summed E-state index contributed by atoms with van der Waals surface area (Å²) < 4.78 is 11.3. The van der Waals surface area contributed by atoms with Crippen LogP contribution in [0.1, 0.15) is 10.4 Å². The van der Waals surface area contributed by atoms with Gasteiger partial charge in [-0.3, -0.25) is 4.79 Å². The van der Waals surface area contributed by atoms with Crippen molar-refractivity contribution in [1.82, 2.24) is 0 Å². The summed E-state index contributed by atoms with van der Waals surface area (Å²) in [5.41, 5.74) is 2.46. The van der Waals surface area contributed by atoms with Crippen molar-refractivity contribution in [2.24, 2.45) is 0 Å². The maximum absolute atomic E-state index is 12.5. The van der Waals surface area contributed by atoms with E-state index in [2.05, 4.69) is 21.2 Å². The highest BCUT2D eigenvalue weighted by Gasteiger charge is 2.11. The van der Waals surface area contributed by atoms with Crippen molar-refractivity contribution in [3.8, 4) is 16.9 Å². The van der Waals surface area contributed by atoms with E-state index < -0.39 is 5.63 Å². The van der Waals surface area contributed by atoms with Crippen molar-refractivity contribution in [1.29, 1.82) is 0 Å². The predicted molar refractivity (Wildman–Crippen MR) is 117 cm³/mol. The van der Waals surface area contributed by atoms with Crippen molar-refractivity contribution in [3.63, 3.8) is 0 Å². The average molecular weight is 450 g/mol. The van der Waals surface area contributed by atoms with Gasteiger partial charge in [0.05, 0.1) is 17.1 Å². The van der Waals surface area contributed by atoms with E-state index in [0.29, 0.717) is 32.6 Å². The second kappa shape index (κ2) is 7.93. The van der Waals surface area contributed by atoms with Gasteiger partial charge in [0.15, 0.2) is 0 Å². The fourth-order valence-electron chi connectivity index (χ4n) is 3.01. The van der Waals surface area contributed by atoms with E-state index in [0.717, 1.165) is 10.9 Å². The molecule has 0 unspecified atom stereocenters. The maximum atomic E-state index is 12.5. The quantitative estimate of drug-likeness (QED) is 0.418. The number of anilines is 1. The van der Waals surface area contributed by atoms with E-state index in [1.54, 1.807) is 55.6 Å². The van der Waals surface area contributed by atoms with Crippen LogP contribution in [0.3, 0.4) is 0 Å². The number of hydrogen-bond acceptors (Lipinski definition) is 4. The molecule has 0 aliphatic heterocycles. The molecule has 6 heteroatoms. The molecule has 4 aromatic rings. The van der Waals surface area contributed by atoms with Crippen LogP contribution < -0.4 is 15.7 Å². The van der Waals surface area contributed by atoms with Gasteiger partial charge in [-0.25, -0.2) is 4.79 Å². The number of carbonyl (C=O) groups is 1. The van der Waals surface area contributed by atoms with Gasteiger partial charge >= 0.3 is 5.63 Å². The van der Waals surface area contributed by atoms with Crippen LogP contribution in [-0.2, 0) is 0 Å². The second-order valence-corrected chi connectivity index (χ2v) is 7.22. The number of methoxy groups -OCH3 is 1. The molecule has 4 rings (SSSR count). The second-order valence-electron chi connectivity index (χ2n) is 6.37. The third-order valence-corrected chi connectivity index (χ3v) is 5.13. The summed E-state index contributed by atoms with van der Waals surface area (Å²) >= 11 is 3.38. The van der Waals surface area contributed by atoms with Crippen molar-refractivity contribution in [3.05, 3.63) is 93.3 Å². The number of nitrogens with one attached hydrogen (secondary N) is 1. The highest BCUT2D eigenvalue weighted by molar-refractivity contribution is 9.10. The molecule has 144 valence electrons. The summed E-state index contributed by atoms with van der Waals surface area (Å²) in [6.07, 6.45) is 0. The fraction of sp³-hybridized carbons (Fsp3) is 0.0435. The van der Waals surface area contributed by atoms with Gasteiger partial charge in [-0.15, -0.1) is 0 Å². The molecule has 0 aliphatic rings. The minimum Gasteiger partial charge on any atom is -0.496 e. The minimum atomic E-state index is -0.399. The molecule has 29 heavy (non-hydrogen) atoms. The Hall–Kier alpha value is -3.38. The molecule has 0 saturated carbocycles. The maximum Gasteiger partial charge on any atom is 0.344 e. The van der Waals surface area contributed by atoms with Gasteiger partial charge in [-0.05, 0) is 64.0 Å². The van der Waals surface area contributed by atoms with Gasteiger partial charge in [0, 0.05) is 16.6 Å². The average Bonchev–Trinajstić information content (AvgIpc) is 2.74. The smallest absolute Gasteiger partial charge is 0.344 e. The van der Waals surface area contributed by atoms with Gasteiger partial charge < -0.3 is 14.5 Å². The number of rotatable bonds is 4. The van der Waals surface area contributed by atoms with Crippen LogP contribution in [0.15, 0.2) is 86.5 Å². The molecule has 0 atom stereocenters. The number of carbonyl (C=O) groups excluding carboxylic acids is 1. The van der Waals surface area contributed by atoms with Gasteiger partial charge in [0.2, 0.25) is 0 Å². The zero-order valence-corrected chi connectivity index (χ0v) is 17.0. The first-order chi connectivity index (χ1) is 14.0. The standard InChI is InChI=1S/C23H16BrNO4/c1-28-21-11-8-16(13-19(21)24)22(26)25-17-9-6-14(7-10-17)18-12-15-4-2-3-5-20(15)29-23(18)27/h2-13H,1H3,(H,25,26). The number of para-hydroxylation sites is 1. The van der Waals surface area contributed by atoms with Gasteiger partial charge in [0.25, 0.3) is 5.91 Å². The lowest BCUT2D eigenvalue weighted by atomic mass is 10.1. The Labute approximate surface area is 175 Å². The molecule has 5 nitrogen and oxygen atoms in total. The summed E-state index contributed by atoms with van der Waals surface area (Å²) in [7, 11) is 1.57. The van der Waals surface area contributed by atoms with Gasteiger partial charge in [0.1, 0.15) is 11.3 Å². The van der Waals surface area contributed by atoms with Crippen LogP contribution in [0, 0.1) is 0 Å². The predicted octanol–water partition coefficient (Wildman–Crippen LogP) is 5.48. The molecule has 1 aromatic heterocycles. The van der Waals surface area contributed by atoms with Crippen LogP contribution in [0.25, 0.3) is 22.1 Å². The fourth-order valence-corrected chi connectivity index (χ4v) is 3.55. The van der Waals surface area contributed by atoms with Gasteiger partial charge in [-0.1, -0.05) is 30.3 Å². The Morgan fingerprint density at radius 2 is 1.76 bits per heavy atom. The number of ether oxygens (including phenoxy) is 1. The van der Waals surface area contributed by atoms with E-state index in [4.69, 9.17) is 9.15 Å². The summed E-state index contributed by atoms with van der Waals surface area (Å²) in [5.74, 6) is 0.409. The Kier molecular flexibility index (Phi) is 5.18. The topological polar surface area (TPSA) is 68.5 Å². The molecule has 0 saturated heterocycles. The van der Waals surface area contributed by atoms with E-state index in [1.165, 1.54) is 0 Å². The van der Waals surface area contributed by atoms with E-state index >= 15 is 0 Å². The molecule has 1 N–H and O–H groups in total. The van der Waals surface area contributed by atoms with Crippen LogP contribution in [-0.4, -0.2) is 13.0 Å². The lowest BCUT2D eigenvalue weighted by molar-refractivity contribution is 0.102. The molecule has 0 aliphatic carbocycles. The van der Waals surface area contributed by atoms with E-state index in [9.17, 15) is 9.59 Å². The summed E-state index contributed by atoms with van der Waals surface area (Å²) in [6.45, 7) is 0. The highest BCUT2D eigenvalue weighted by atomic mass is 79.9. The molecular weight excluding hydrogens is 434 g/mol.